The smallest absolute Gasteiger partial charge is 0.352 e. The van der Waals surface area contributed by atoms with E-state index < -0.39 is 5.97 Å². The molecule has 0 amide bonds. The lowest BCUT2D eigenvalue weighted by molar-refractivity contribution is 0.0690. The third-order valence-electron chi connectivity index (χ3n) is 1.25. The van der Waals surface area contributed by atoms with Crippen LogP contribution in [-0.2, 0) is 0 Å². The van der Waals surface area contributed by atoms with E-state index in [0.29, 0.717) is 11.4 Å². The molecule has 0 aromatic carbocycles. The largest absolute Gasteiger partial charge is 0.477 e. The van der Waals surface area contributed by atoms with Gasteiger partial charge in [-0.1, -0.05) is 0 Å². The lowest BCUT2D eigenvalue weighted by Gasteiger charge is -1.87. The van der Waals surface area contributed by atoms with Gasteiger partial charge >= 0.3 is 5.97 Å². The van der Waals surface area contributed by atoms with Crippen LogP contribution in [0.1, 0.15) is 16.1 Å². The Hall–Kier alpha value is -1.45. The zero-order valence-corrected chi connectivity index (χ0v) is 5.51. The molecule has 1 aromatic rings. The first-order valence-electron chi connectivity index (χ1n) is 2.79. The minimum atomic E-state index is -0.978. The van der Waals surface area contributed by atoms with E-state index in [9.17, 15) is 4.79 Å². The predicted octanol–water partition coefficient (Wildman–Crippen LogP) is 0.604. The van der Waals surface area contributed by atoms with Crippen LogP contribution in [0.15, 0.2) is 6.07 Å². The maximum absolute atomic E-state index is 10.3. The zero-order valence-electron chi connectivity index (χ0n) is 5.51. The van der Waals surface area contributed by atoms with Gasteiger partial charge in [0.1, 0.15) is 11.5 Å². The fourth-order valence-corrected chi connectivity index (χ4v) is 0.807. The summed E-state index contributed by atoms with van der Waals surface area (Å²) >= 11 is 0. The van der Waals surface area contributed by atoms with Gasteiger partial charge in [-0.25, -0.2) is 4.79 Å². The molecule has 1 heterocycles. The van der Waals surface area contributed by atoms with Gasteiger partial charge in [0, 0.05) is 0 Å². The summed E-state index contributed by atoms with van der Waals surface area (Å²) in [7, 11) is 0. The lowest BCUT2D eigenvalue weighted by atomic mass is 10.3. The Balaban J connectivity index is 3.15. The van der Waals surface area contributed by atoms with Gasteiger partial charge in [0.2, 0.25) is 0 Å². The molecular weight excluding hydrogens is 132 g/mol. The van der Waals surface area contributed by atoms with E-state index in [4.69, 9.17) is 10.8 Å². The molecule has 0 radical (unpaired) electrons. The second-order valence-corrected chi connectivity index (χ2v) is 2.09. The van der Waals surface area contributed by atoms with Gasteiger partial charge in [0.15, 0.2) is 0 Å². The highest BCUT2D eigenvalue weighted by Crippen LogP contribution is 2.09. The van der Waals surface area contributed by atoms with E-state index in [1.165, 1.54) is 0 Å². The number of nitrogens with one attached hydrogen (secondary N) is 1. The number of aryl methyl sites for hydroxylation is 1. The Kier molecular flexibility index (Phi) is 1.37. The number of carbonyl (C=O) groups is 1. The second-order valence-electron chi connectivity index (χ2n) is 2.09. The number of H-pyrrole nitrogens is 1. The molecule has 0 fully saturated rings. The molecule has 54 valence electrons. The first-order valence-corrected chi connectivity index (χ1v) is 2.79. The van der Waals surface area contributed by atoms with Crippen molar-refractivity contribution in [2.24, 2.45) is 0 Å². The molecule has 4 nitrogen and oxygen atoms in total. The van der Waals surface area contributed by atoms with Crippen molar-refractivity contribution < 1.29 is 9.90 Å². The molecular formula is C6H8N2O2. The van der Waals surface area contributed by atoms with Crippen LogP contribution in [0.3, 0.4) is 0 Å². The molecule has 0 spiro atoms. The summed E-state index contributed by atoms with van der Waals surface area (Å²) in [5.41, 5.74) is 6.12. The van der Waals surface area contributed by atoms with Crippen molar-refractivity contribution in [2.75, 3.05) is 5.73 Å². The first kappa shape index (κ1) is 6.67. The van der Waals surface area contributed by atoms with Crippen LogP contribution in [-0.4, -0.2) is 16.1 Å². The number of nitrogens with two attached hydrogens (primary N) is 1. The molecule has 4 heteroatoms. The van der Waals surface area contributed by atoms with Crippen molar-refractivity contribution in [2.45, 2.75) is 6.92 Å². The Morgan fingerprint density at radius 3 is 2.60 bits per heavy atom. The van der Waals surface area contributed by atoms with Gasteiger partial charge in [-0.15, -0.1) is 0 Å². The van der Waals surface area contributed by atoms with Crippen LogP contribution in [0.25, 0.3) is 0 Å². The van der Waals surface area contributed by atoms with Crippen LogP contribution in [0.5, 0.6) is 0 Å². The summed E-state index contributed by atoms with van der Waals surface area (Å²) in [6.07, 6.45) is 0. The third kappa shape index (κ3) is 0.953. The molecule has 1 aromatic heterocycles. The Bertz CT molecular complexity index is 265. The van der Waals surface area contributed by atoms with E-state index in [0.717, 1.165) is 0 Å². The molecule has 0 aliphatic heterocycles. The third-order valence-corrected chi connectivity index (χ3v) is 1.25. The summed E-state index contributed by atoms with van der Waals surface area (Å²) in [5.74, 6) is -0.593. The summed E-state index contributed by atoms with van der Waals surface area (Å²) < 4.78 is 0. The van der Waals surface area contributed by atoms with E-state index in [-0.39, 0.29) is 5.69 Å². The number of carboxylic acid groups (broad SMARTS) is 1. The topological polar surface area (TPSA) is 79.1 Å². The van der Waals surface area contributed by atoms with Crippen molar-refractivity contribution in [3.63, 3.8) is 0 Å². The molecule has 0 bridgehead atoms. The van der Waals surface area contributed by atoms with E-state index in [2.05, 4.69) is 4.98 Å². The Morgan fingerprint density at radius 1 is 1.80 bits per heavy atom. The van der Waals surface area contributed by atoms with Crippen LogP contribution < -0.4 is 5.73 Å². The average molecular weight is 140 g/mol. The highest BCUT2D eigenvalue weighted by atomic mass is 16.4. The van der Waals surface area contributed by atoms with Gasteiger partial charge in [-0.3, -0.25) is 0 Å². The minimum absolute atomic E-state index is 0.164. The van der Waals surface area contributed by atoms with Crippen molar-refractivity contribution in [3.05, 3.63) is 17.3 Å². The number of aromatic nitrogens is 1. The molecule has 4 N–H and O–H groups in total. The monoisotopic (exact) mass is 140 g/mol. The highest BCUT2D eigenvalue weighted by Gasteiger charge is 2.08. The number of anilines is 1. The Morgan fingerprint density at radius 2 is 2.40 bits per heavy atom. The van der Waals surface area contributed by atoms with Crippen molar-refractivity contribution in [3.8, 4) is 0 Å². The SMILES string of the molecule is Cc1cc(N)[nH]c1C(=O)O. The molecule has 0 aliphatic rings. The normalized spacial score (nSPS) is 9.70. The van der Waals surface area contributed by atoms with E-state index >= 15 is 0 Å². The molecule has 0 saturated carbocycles. The van der Waals surface area contributed by atoms with E-state index in [1.54, 1.807) is 13.0 Å². The standard InChI is InChI=1S/C6H8N2O2/c1-3-2-4(7)8-5(3)6(9)10/h2,8H,7H2,1H3,(H,9,10). The van der Waals surface area contributed by atoms with Crippen LogP contribution >= 0.6 is 0 Å². The van der Waals surface area contributed by atoms with Gasteiger partial charge in [-0.2, -0.15) is 0 Å². The number of rotatable bonds is 1. The molecule has 0 saturated heterocycles. The predicted molar refractivity (Wildman–Crippen MR) is 36.9 cm³/mol. The fraction of sp³-hybridized carbons (Fsp3) is 0.167. The van der Waals surface area contributed by atoms with Crippen molar-refractivity contribution >= 4 is 11.8 Å². The summed E-state index contributed by atoms with van der Waals surface area (Å²) in [5, 5.41) is 8.49. The maximum atomic E-state index is 10.3. The van der Waals surface area contributed by atoms with Gasteiger partial charge in [-0.05, 0) is 18.6 Å². The maximum Gasteiger partial charge on any atom is 0.352 e. The number of nitrogen functional groups attached to an aromatic ring is 1. The summed E-state index contributed by atoms with van der Waals surface area (Å²) in [4.78, 5) is 12.9. The van der Waals surface area contributed by atoms with Crippen molar-refractivity contribution in [1.82, 2.24) is 4.98 Å². The van der Waals surface area contributed by atoms with Crippen LogP contribution in [0, 0.1) is 6.92 Å². The molecule has 0 unspecified atom stereocenters. The van der Waals surface area contributed by atoms with Crippen LogP contribution in [0.4, 0.5) is 5.82 Å². The van der Waals surface area contributed by atoms with Gasteiger partial charge < -0.3 is 15.8 Å². The number of aromatic carboxylic acids is 1. The molecule has 10 heavy (non-hydrogen) atoms. The quantitative estimate of drug-likeness (QED) is 0.534. The second kappa shape index (κ2) is 2.06. The molecule has 0 aliphatic carbocycles. The van der Waals surface area contributed by atoms with Crippen molar-refractivity contribution in [1.29, 1.82) is 0 Å². The summed E-state index contributed by atoms with van der Waals surface area (Å²) in [6.45, 7) is 1.69. The summed E-state index contributed by atoms with van der Waals surface area (Å²) in [6, 6.07) is 1.59. The van der Waals surface area contributed by atoms with Crippen LogP contribution in [0.2, 0.25) is 0 Å². The minimum Gasteiger partial charge on any atom is -0.477 e. The Labute approximate surface area is 57.7 Å². The lowest BCUT2D eigenvalue weighted by Crippen LogP contribution is -1.98. The highest BCUT2D eigenvalue weighted by molar-refractivity contribution is 5.88. The average Bonchev–Trinajstić information content (AvgIpc) is 2.10. The molecule has 1 rings (SSSR count). The number of hydrogen-bond acceptors (Lipinski definition) is 2. The van der Waals surface area contributed by atoms with E-state index in [1.807, 2.05) is 0 Å². The number of carboxylic acids is 1. The zero-order chi connectivity index (χ0) is 7.72. The number of hydrogen-bond donors (Lipinski definition) is 3. The van der Waals surface area contributed by atoms with Gasteiger partial charge in [0.05, 0.1) is 0 Å². The fourth-order valence-electron chi connectivity index (χ4n) is 0.807. The first-order chi connectivity index (χ1) is 4.61. The number of aromatic amines is 1. The van der Waals surface area contributed by atoms with Gasteiger partial charge in [0.25, 0.3) is 0 Å². The molecule has 0 atom stereocenters.